The summed E-state index contributed by atoms with van der Waals surface area (Å²) in [7, 11) is 3.08. The summed E-state index contributed by atoms with van der Waals surface area (Å²) >= 11 is 6.09. The van der Waals surface area contributed by atoms with Gasteiger partial charge >= 0.3 is 0 Å². The summed E-state index contributed by atoms with van der Waals surface area (Å²) in [5.74, 6) is 0.219. The zero-order valence-electron chi connectivity index (χ0n) is 16.6. The number of amides is 2. The second-order valence-electron chi connectivity index (χ2n) is 6.69. The molecule has 1 unspecified atom stereocenters. The highest BCUT2D eigenvalue weighted by molar-refractivity contribution is 6.33. The van der Waals surface area contributed by atoms with Gasteiger partial charge in [-0.15, -0.1) is 0 Å². The van der Waals surface area contributed by atoms with Gasteiger partial charge in [-0.2, -0.15) is 0 Å². The lowest BCUT2D eigenvalue weighted by molar-refractivity contribution is -0.118. The zero-order chi connectivity index (χ0) is 20.8. The fourth-order valence-corrected chi connectivity index (χ4v) is 2.95. The third-order valence-electron chi connectivity index (χ3n) is 4.34. The molecule has 150 valence electrons. The highest BCUT2D eigenvalue weighted by Gasteiger charge is 2.26. The van der Waals surface area contributed by atoms with Crippen LogP contribution >= 0.6 is 11.6 Å². The molecule has 2 N–H and O–H groups in total. The Labute approximate surface area is 170 Å². The van der Waals surface area contributed by atoms with Gasteiger partial charge in [0.2, 0.25) is 5.91 Å². The number of ether oxygens (including phenoxy) is 2. The van der Waals surface area contributed by atoms with Crippen molar-refractivity contribution >= 4 is 29.1 Å². The van der Waals surface area contributed by atoms with Crippen LogP contribution < -0.4 is 20.1 Å². The molecule has 2 amide bonds. The normalized spacial score (nSPS) is 11.7. The third-order valence-corrected chi connectivity index (χ3v) is 4.67. The van der Waals surface area contributed by atoms with Gasteiger partial charge in [0, 0.05) is 11.8 Å². The molecular weight excluding hydrogens is 380 g/mol. The average molecular weight is 405 g/mol. The molecule has 0 aliphatic rings. The molecule has 2 rings (SSSR count). The molecule has 0 saturated carbocycles. The van der Waals surface area contributed by atoms with Crippen molar-refractivity contribution in [3.63, 3.8) is 0 Å². The van der Waals surface area contributed by atoms with Crippen molar-refractivity contribution in [3.05, 3.63) is 52.5 Å². The number of hydrogen-bond donors (Lipinski definition) is 2. The van der Waals surface area contributed by atoms with Crippen LogP contribution in [-0.4, -0.2) is 32.1 Å². The van der Waals surface area contributed by atoms with Gasteiger partial charge in [-0.05, 0) is 36.6 Å². The molecule has 7 heteroatoms. The number of anilines is 1. The van der Waals surface area contributed by atoms with E-state index in [4.69, 9.17) is 21.1 Å². The molecule has 0 bridgehead atoms. The summed E-state index contributed by atoms with van der Waals surface area (Å²) in [5, 5.41) is 5.97. The van der Waals surface area contributed by atoms with Crippen LogP contribution in [0.15, 0.2) is 36.4 Å². The van der Waals surface area contributed by atoms with E-state index >= 15 is 0 Å². The average Bonchev–Trinajstić information content (AvgIpc) is 2.67. The second kappa shape index (κ2) is 9.46. The van der Waals surface area contributed by atoms with Crippen LogP contribution in [0.2, 0.25) is 5.02 Å². The summed E-state index contributed by atoms with van der Waals surface area (Å²) in [4.78, 5) is 25.5. The Hall–Kier alpha value is -2.73. The van der Waals surface area contributed by atoms with Crippen LogP contribution in [0.25, 0.3) is 0 Å². The molecule has 0 radical (unpaired) electrons. The Kier molecular flexibility index (Phi) is 7.29. The Morgan fingerprint density at radius 3 is 2.21 bits per heavy atom. The number of hydrogen-bond acceptors (Lipinski definition) is 4. The number of carbonyl (C=O) groups excluding carboxylic acids is 2. The van der Waals surface area contributed by atoms with E-state index < -0.39 is 11.9 Å². The van der Waals surface area contributed by atoms with Crippen molar-refractivity contribution in [2.24, 2.45) is 5.92 Å². The molecule has 6 nitrogen and oxygen atoms in total. The molecule has 1 atom stereocenters. The fourth-order valence-electron chi connectivity index (χ4n) is 2.73. The number of carbonyl (C=O) groups is 2. The molecule has 0 aromatic heterocycles. The van der Waals surface area contributed by atoms with Crippen molar-refractivity contribution in [1.82, 2.24) is 5.32 Å². The summed E-state index contributed by atoms with van der Waals surface area (Å²) in [6.45, 7) is 5.57. The predicted molar refractivity (Wildman–Crippen MR) is 110 cm³/mol. The smallest absolute Gasteiger partial charge is 0.253 e. The molecule has 2 aromatic carbocycles. The molecule has 0 spiro atoms. The van der Waals surface area contributed by atoms with E-state index in [9.17, 15) is 9.59 Å². The van der Waals surface area contributed by atoms with Gasteiger partial charge < -0.3 is 20.1 Å². The lowest BCUT2D eigenvalue weighted by Crippen LogP contribution is -2.47. The number of aryl methyl sites for hydroxylation is 1. The molecule has 0 aliphatic heterocycles. The lowest BCUT2D eigenvalue weighted by Gasteiger charge is -2.23. The first-order chi connectivity index (χ1) is 13.3. The number of rotatable bonds is 7. The third kappa shape index (κ3) is 4.95. The topological polar surface area (TPSA) is 76.7 Å². The van der Waals surface area contributed by atoms with Gasteiger partial charge in [0.15, 0.2) is 11.5 Å². The van der Waals surface area contributed by atoms with E-state index in [1.54, 1.807) is 43.5 Å². The number of halogens is 1. The van der Waals surface area contributed by atoms with E-state index in [-0.39, 0.29) is 11.8 Å². The van der Waals surface area contributed by atoms with Crippen LogP contribution in [-0.2, 0) is 4.79 Å². The molecule has 2 aromatic rings. The highest BCUT2D eigenvalue weighted by Crippen LogP contribution is 2.33. The summed E-state index contributed by atoms with van der Waals surface area (Å²) in [6.07, 6.45) is 0. The van der Waals surface area contributed by atoms with Gasteiger partial charge in [-0.25, -0.2) is 0 Å². The van der Waals surface area contributed by atoms with Crippen molar-refractivity contribution < 1.29 is 19.1 Å². The van der Waals surface area contributed by atoms with Gasteiger partial charge in [-0.1, -0.05) is 37.6 Å². The van der Waals surface area contributed by atoms with Crippen LogP contribution in [0.1, 0.15) is 29.8 Å². The monoisotopic (exact) mass is 404 g/mol. The van der Waals surface area contributed by atoms with Crippen LogP contribution in [0.3, 0.4) is 0 Å². The Balaban J connectivity index is 2.22. The molecular formula is C21H25ClN2O4. The zero-order valence-corrected chi connectivity index (χ0v) is 17.4. The maximum absolute atomic E-state index is 12.9. The molecule has 0 fully saturated rings. The van der Waals surface area contributed by atoms with Crippen LogP contribution in [0, 0.1) is 12.8 Å². The summed E-state index contributed by atoms with van der Waals surface area (Å²) in [6, 6.07) is 9.44. The fraction of sp³-hybridized carbons (Fsp3) is 0.333. The second-order valence-corrected chi connectivity index (χ2v) is 7.09. The van der Waals surface area contributed by atoms with E-state index in [1.807, 2.05) is 20.8 Å². The molecule has 0 aliphatic carbocycles. The van der Waals surface area contributed by atoms with E-state index in [1.165, 1.54) is 7.11 Å². The quantitative estimate of drug-likeness (QED) is 0.729. The van der Waals surface area contributed by atoms with Gasteiger partial charge in [0.05, 0.1) is 24.8 Å². The van der Waals surface area contributed by atoms with E-state index in [0.717, 1.165) is 5.56 Å². The first kappa shape index (κ1) is 21.6. The van der Waals surface area contributed by atoms with Crippen LogP contribution in [0.4, 0.5) is 5.69 Å². The van der Waals surface area contributed by atoms with Crippen molar-refractivity contribution in [1.29, 1.82) is 0 Å². The number of benzene rings is 2. The Morgan fingerprint density at radius 2 is 1.64 bits per heavy atom. The molecule has 28 heavy (non-hydrogen) atoms. The van der Waals surface area contributed by atoms with Crippen molar-refractivity contribution in [3.8, 4) is 11.5 Å². The van der Waals surface area contributed by atoms with Gasteiger partial charge in [0.1, 0.15) is 6.04 Å². The summed E-state index contributed by atoms with van der Waals surface area (Å²) in [5.41, 5.74) is 1.72. The minimum atomic E-state index is -0.740. The minimum Gasteiger partial charge on any atom is -0.493 e. The van der Waals surface area contributed by atoms with Gasteiger partial charge in [0.25, 0.3) is 5.91 Å². The highest BCUT2D eigenvalue weighted by atomic mass is 35.5. The van der Waals surface area contributed by atoms with Gasteiger partial charge in [-0.3, -0.25) is 9.59 Å². The molecule has 0 heterocycles. The van der Waals surface area contributed by atoms with Crippen molar-refractivity contribution in [2.75, 3.05) is 19.5 Å². The molecule has 0 saturated heterocycles. The lowest BCUT2D eigenvalue weighted by atomic mass is 10.0. The van der Waals surface area contributed by atoms with E-state index in [0.29, 0.717) is 27.8 Å². The largest absolute Gasteiger partial charge is 0.493 e. The van der Waals surface area contributed by atoms with E-state index in [2.05, 4.69) is 10.6 Å². The predicted octanol–water partition coefficient (Wildman–Crippen LogP) is 4.06. The van der Waals surface area contributed by atoms with Crippen LogP contribution in [0.5, 0.6) is 11.5 Å². The SMILES string of the molecule is COc1cc(C)c(NC(=O)C(NC(=O)c2ccccc2Cl)C(C)C)cc1OC. The summed E-state index contributed by atoms with van der Waals surface area (Å²) < 4.78 is 10.6. The first-order valence-corrected chi connectivity index (χ1v) is 9.25. The Morgan fingerprint density at radius 1 is 1.04 bits per heavy atom. The van der Waals surface area contributed by atoms with Crippen molar-refractivity contribution in [2.45, 2.75) is 26.8 Å². The standard InChI is InChI=1S/C21H25ClN2O4/c1-12(2)19(24-20(25)14-8-6-7-9-15(14)22)21(26)23-16-11-18(28-5)17(27-4)10-13(16)3/h6-12,19H,1-5H3,(H,23,26)(H,24,25). The maximum Gasteiger partial charge on any atom is 0.253 e. The number of nitrogens with one attached hydrogen (secondary N) is 2. The number of methoxy groups -OCH3 is 2. The first-order valence-electron chi connectivity index (χ1n) is 8.87. The maximum atomic E-state index is 12.9. The minimum absolute atomic E-state index is 0.133. The Bertz CT molecular complexity index is 867.